The van der Waals surface area contributed by atoms with E-state index in [-0.39, 0.29) is 11.2 Å². The number of nitrogens with one attached hydrogen (secondary N) is 1. The summed E-state index contributed by atoms with van der Waals surface area (Å²) in [6.45, 7) is 3.63. The van der Waals surface area contributed by atoms with Crippen LogP contribution in [0.5, 0.6) is 0 Å². The largest absolute Gasteiger partial charge is 0.380 e. The Kier molecular flexibility index (Phi) is 3.09. The van der Waals surface area contributed by atoms with Crippen LogP contribution in [0.25, 0.3) is 5.65 Å². The summed E-state index contributed by atoms with van der Waals surface area (Å²) >= 11 is 0. The zero-order valence-corrected chi connectivity index (χ0v) is 11.4. The van der Waals surface area contributed by atoms with Gasteiger partial charge in [0, 0.05) is 18.2 Å². The van der Waals surface area contributed by atoms with Gasteiger partial charge in [-0.2, -0.15) is 0 Å². The Balaban J connectivity index is 2.05. The minimum Gasteiger partial charge on any atom is -0.380 e. The van der Waals surface area contributed by atoms with Crippen molar-refractivity contribution in [1.82, 2.24) is 9.38 Å². The SMILES string of the molecule is CC1(CNc2nc3ccccn3c(=O)c2[N+](=O)[O-])COC1. The van der Waals surface area contributed by atoms with Gasteiger partial charge in [-0.1, -0.05) is 13.0 Å². The summed E-state index contributed by atoms with van der Waals surface area (Å²) in [6, 6.07) is 4.97. The smallest absolute Gasteiger partial charge is 0.376 e. The van der Waals surface area contributed by atoms with Crippen LogP contribution in [0.3, 0.4) is 0 Å². The molecule has 0 atom stereocenters. The molecule has 0 unspecified atom stereocenters. The average Bonchev–Trinajstić information content (AvgIpc) is 2.42. The molecule has 110 valence electrons. The Morgan fingerprint density at radius 3 is 2.90 bits per heavy atom. The molecule has 21 heavy (non-hydrogen) atoms. The molecule has 8 heteroatoms. The lowest BCUT2D eigenvalue weighted by molar-refractivity contribution is -0.385. The first kappa shape index (κ1) is 13.5. The molecule has 1 N–H and O–H groups in total. The maximum atomic E-state index is 12.2. The lowest BCUT2D eigenvalue weighted by atomic mass is 9.89. The number of nitrogens with zero attached hydrogens (tertiary/aromatic N) is 3. The third-order valence-corrected chi connectivity index (χ3v) is 3.48. The van der Waals surface area contributed by atoms with Crippen LogP contribution in [0.15, 0.2) is 29.2 Å². The molecule has 0 saturated carbocycles. The summed E-state index contributed by atoms with van der Waals surface area (Å²) in [5.41, 5.74) is -0.950. The molecule has 0 amide bonds. The van der Waals surface area contributed by atoms with E-state index in [1.54, 1.807) is 18.2 Å². The summed E-state index contributed by atoms with van der Waals surface area (Å²) in [7, 11) is 0. The molecule has 2 aromatic heterocycles. The average molecular weight is 290 g/mol. The zero-order chi connectivity index (χ0) is 15.0. The standard InChI is InChI=1S/C13H14N4O4/c1-13(7-21-8-13)6-14-11-10(17(19)20)12(18)16-5-3-2-4-9(16)15-11/h2-5,14H,6-8H2,1H3. The molecule has 1 aliphatic heterocycles. The maximum Gasteiger partial charge on any atom is 0.376 e. The fourth-order valence-corrected chi connectivity index (χ4v) is 2.22. The first-order valence-corrected chi connectivity index (χ1v) is 6.48. The molecule has 0 bridgehead atoms. The molecule has 3 rings (SSSR count). The Labute approximate surface area is 119 Å². The van der Waals surface area contributed by atoms with Crippen LogP contribution < -0.4 is 10.9 Å². The maximum absolute atomic E-state index is 12.2. The number of hydrogen-bond donors (Lipinski definition) is 1. The first-order chi connectivity index (χ1) is 10.0. The molecule has 0 spiro atoms. The van der Waals surface area contributed by atoms with Crippen molar-refractivity contribution in [2.24, 2.45) is 5.41 Å². The van der Waals surface area contributed by atoms with Gasteiger partial charge >= 0.3 is 11.2 Å². The molecular formula is C13H14N4O4. The fraction of sp³-hybridized carbons (Fsp3) is 0.385. The third-order valence-electron chi connectivity index (χ3n) is 3.48. The van der Waals surface area contributed by atoms with Crippen molar-refractivity contribution >= 4 is 17.2 Å². The van der Waals surface area contributed by atoms with Gasteiger partial charge in [0.15, 0.2) is 0 Å². The van der Waals surface area contributed by atoms with Crippen LogP contribution in [0.2, 0.25) is 0 Å². The normalized spacial score (nSPS) is 16.4. The van der Waals surface area contributed by atoms with E-state index in [0.717, 1.165) is 4.40 Å². The van der Waals surface area contributed by atoms with Crippen LogP contribution in [-0.4, -0.2) is 34.1 Å². The first-order valence-electron chi connectivity index (χ1n) is 6.48. The second-order valence-electron chi connectivity index (χ2n) is 5.46. The van der Waals surface area contributed by atoms with E-state index < -0.39 is 16.2 Å². The van der Waals surface area contributed by atoms with Crippen LogP contribution in [-0.2, 0) is 4.74 Å². The van der Waals surface area contributed by atoms with Gasteiger partial charge in [0.1, 0.15) is 5.65 Å². The van der Waals surface area contributed by atoms with Crippen LogP contribution >= 0.6 is 0 Å². The Bertz CT molecular complexity index is 766. The predicted molar refractivity (Wildman–Crippen MR) is 75.5 cm³/mol. The van der Waals surface area contributed by atoms with Gasteiger partial charge in [-0.15, -0.1) is 0 Å². The lowest BCUT2D eigenvalue weighted by Crippen LogP contribution is -2.45. The molecule has 3 heterocycles. The number of hydrogen-bond acceptors (Lipinski definition) is 6. The van der Waals surface area contributed by atoms with E-state index in [1.165, 1.54) is 6.20 Å². The topological polar surface area (TPSA) is 98.8 Å². The minimum atomic E-state index is -0.698. The van der Waals surface area contributed by atoms with Gasteiger partial charge in [-0.05, 0) is 12.1 Å². The molecule has 0 aromatic carbocycles. The van der Waals surface area contributed by atoms with Crippen molar-refractivity contribution in [2.75, 3.05) is 25.1 Å². The van der Waals surface area contributed by atoms with E-state index in [9.17, 15) is 14.9 Å². The van der Waals surface area contributed by atoms with Crippen LogP contribution in [0, 0.1) is 15.5 Å². The predicted octanol–water partition coefficient (Wildman–Crippen LogP) is 1.05. The molecule has 0 radical (unpaired) electrons. The number of nitro groups is 1. The summed E-state index contributed by atoms with van der Waals surface area (Å²) in [6.07, 6.45) is 1.46. The number of ether oxygens (including phenoxy) is 1. The summed E-state index contributed by atoms with van der Waals surface area (Å²) in [4.78, 5) is 26.9. The summed E-state index contributed by atoms with van der Waals surface area (Å²) in [5, 5.41) is 14.1. The van der Waals surface area contributed by atoms with Crippen LogP contribution in [0.4, 0.5) is 11.5 Å². The van der Waals surface area contributed by atoms with Crippen molar-refractivity contribution in [2.45, 2.75) is 6.92 Å². The minimum absolute atomic E-state index is 0.00400. The number of pyridine rings is 1. The number of aromatic nitrogens is 2. The highest BCUT2D eigenvalue weighted by atomic mass is 16.6. The summed E-state index contributed by atoms with van der Waals surface area (Å²) < 4.78 is 6.30. The van der Waals surface area contributed by atoms with E-state index in [0.29, 0.717) is 25.4 Å². The Morgan fingerprint density at radius 1 is 1.52 bits per heavy atom. The van der Waals surface area contributed by atoms with Gasteiger partial charge in [-0.25, -0.2) is 4.98 Å². The van der Waals surface area contributed by atoms with Crippen molar-refractivity contribution < 1.29 is 9.66 Å². The Morgan fingerprint density at radius 2 is 2.29 bits per heavy atom. The van der Waals surface area contributed by atoms with Crippen molar-refractivity contribution in [3.05, 3.63) is 44.9 Å². The second-order valence-corrected chi connectivity index (χ2v) is 5.46. The second kappa shape index (κ2) is 4.81. The van der Waals surface area contributed by atoms with E-state index in [2.05, 4.69) is 10.3 Å². The Hall–Kier alpha value is -2.48. The molecule has 1 fully saturated rings. The molecule has 0 aliphatic carbocycles. The molecule has 1 saturated heterocycles. The monoisotopic (exact) mass is 290 g/mol. The van der Waals surface area contributed by atoms with Gasteiger partial charge < -0.3 is 10.1 Å². The van der Waals surface area contributed by atoms with Crippen molar-refractivity contribution in [3.63, 3.8) is 0 Å². The molecule has 8 nitrogen and oxygen atoms in total. The quantitative estimate of drug-likeness (QED) is 0.667. The highest BCUT2D eigenvalue weighted by Crippen LogP contribution is 2.28. The lowest BCUT2D eigenvalue weighted by Gasteiger charge is -2.38. The third kappa shape index (κ3) is 2.33. The number of anilines is 1. The van der Waals surface area contributed by atoms with E-state index >= 15 is 0 Å². The number of rotatable bonds is 4. The van der Waals surface area contributed by atoms with Crippen molar-refractivity contribution in [3.8, 4) is 0 Å². The van der Waals surface area contributed by atoms with Crippen LogP contribution in [0.1, 0.15) is 6.92 Å². The van der Waals surface area contributed by atoms with Gasteiger partial charge in [0.2, 0.25) is 5.82 Å². The highest BCUT2D eigenvalue weighted by molar-refractivity contribution is 5.59. The zero-order valence-electron chi connectivity index (χ0n) is 11.4. The number of fused-ring (bicyclic) bond motifs is 1. The van der Waals surface area contributed by atoms with Gasteiger partial charge in [0.05, 0.1) is 18.1 Å². The molecule has 1 aliphatic rings. The van der Waals surface area contributed by atoms with E-state index in [1.807, 2.05) is 6.92 Å². The van der Waals surface area contributed by atoms with E-state index in [4.69, 9.17) is 4.74 Å². The van der Waals surface area contributed by atoms with Gasteiger partial charge in [0.25, 0.3) is 0 Å². The highest BCUT2D eigenvalue weighted by Gasteiger charge is 2.34. The summed E-state index contributed by atoms with van der Waals surface area (Å²) in [5.74, 6) is 0.00400. The fourth-order valence-electron chi connectivity index (χ4n) is 2.22. The van der Waals surface area contributed by atoms with Gasteiger partial charge in [-0.3, -0.25) is 19.3 Å². The molecule has 2 aromatic rings. The van der Waals surface area contributed by atoms with Crippen molar-refractivity contribution in [1.29, 1.82) is 0 Å². The molecular weight excluding hydrogens is 276 g/mol.